The van der Waals surface area contributed by atoms with Gasteiger partial charge in [0.25, 0.3) is 0 Å². The van der Waals surface area contributed by atoms with E-state index in [1.807, 2.05) is 4.57 Å². The van der Waals surface area contributed by atoms with Crippen molar-refractivity contribution in [1.82, 2.24) is 29.7 Å². The van der Waals surface area contributed by atoms with Gasteiger partial charge >= 0.3 is 12.2 Å². The van der Waals surface area contributed by atoms with Crippen molar-refractivity contribution in [2.75, 3.05) is 30.8 Å². The molecule has 16 heteroatoms. The standard InChI is InChI=1S/C26H30Cl2F3N9O2/c1-33-25(42)39-8-2-3-15(12-39)35-23-34-11-19-22(38-23)40(16-6-4-13(5-7-16)21(32)41)24(36-19)37-20-17(27)9-14(10-18(20)28)26(29,30)31/h9-11,13,15-16H,2-8,12H2,1H3,(H2,32,41)(H,33,42)(H,36,37)(H,34,35,38)/t13?,15-,16?/m1/s1. The smallest absolute Gasteiger partial charge is 0.369 e. The molecule has 0 radical (unpaired) electrons. The van der Waals surface area contributed by atoms with Crippen molar-refractivity contribution in [2.45, 2.75) is 56.8 Å². The first-order chi connectivity index (χ1) is 19.9. The quantitative estimate of drug-likeness (QED) is 0.289. The van der Waals surface area contributed by atoms with E-state index in [9.17, 15) is 22.8 Å². The van der Waals surface area contributed by atoms with Gasteiger partial charge in [-0.25, -0.2) is 14.8 Å². The summed E-state index contributed by atoms with van der Waals surface area (Å²) in [5.74, 6) is 0.0201. The summed E-state index contributed by atoms with van der Waals surface area (Å²) in [6.07, 6.45) is 0.893. The Morgan fingerprint density at radius 1 is 1.07 bits per heavy atom. The first kappa shape index (κ1) is 30.0. The molecule has 5 rings (SSSR count). The number of aromatic nitrogens is 4. The van der Waals surface area contributed by atoms with E-state index in [1.165, 1.54) is 0 Å². The lowest BCUT2D eigenvalue weighted by molar-refractivity contribution is -0.137. The zero-order valence-corrected chi connectivity index (χ0v) is 24.2. The Labute approximate surface area is 249 Å². The van der Waals surface area contributed by atoms with Crippen LogP contribution in [0.3, 0.4) is 0 Å². The monoisotopic (exact) mass is 627 g/mol. The van der Waals surface area contributed by atoms with E-state index in [0.29, 0.717) is 55.9 Å². The molecule has 11 nitrogen and oxygen atoms in total. The molecule has 1 saturated heterocycles. The summed E-state index contributed by atoms with van der Waals surface area (Å²) in [4.78, 5) is 39.4. The van der Waals surface area contributed by atoms with Crippen LogP contribution in [-0.2, 0) is 11.0 Å². The van der Waals surface area contributed by atoms with Gasteiger partial charge in [-0.2, -0.15) is 18.2 Å². The highest BCUT2D eigenvalue weighted by Gasteiger charge is 2.33. The third-order valence-corrected chi connectivity index (χ3v) is 8.36. The summed E-state index contributed by atoms with van der Waals surface area (Å²) in [6, 6.07) is 1.22. The Hall–Kier alpha value is -3.52. The van der Waals surface area contributed by atoms with Gasteiger partial charge in [0.1, 0.15) is 5.52 Å². The molecule has 226 valence electrons. The van der Waals surface area contributed by atoms with Gasteiger partial charge in [0.05, 0.1) is 27.5 Å². The average molecular weight is 628 g/mol. The second-order valence-corrected chi connectivity index (χ2v) is 11.4. The summed E-state index contributed by atoms with van der Waals surface area (Å²) < 4.78 is 41.7. The van der Waals surface area contributed by atoms with Gasteiger partial charge in [-0.3, -0.25) is 9.36 Å². The number of amides is 3. The van der Waals surface area contributed by atoms with E-state index in [-0.39, 0.29) is 51.6 Å². The highest BCUT2D eigenvalue weighted by atomic mass is 35.5. The molecule has 3 heterocycles. The molecule has 42 heavy (non-hydrogen) atoms. The van der Waals surface area contributed by atoms with Gasteiger partial charge in [-0.05, 0) is 50.7 Å². The van der Waals surface area contributed by atoms with Crippen molar-refractivity contribution in [3.05, 3.63) is 33.9 Å². The molecule has 3 amide bonds. The number of urea groups is 1. The van der Waals surface area contributed by atoms with Crippen molar-refractivity contribution in [1.29, 1.82) is 0 Å². The second kappa shape index (κ2) is 12.0. The lowest BCUT2D eigenvalue weighted by atomic mass is 9.85. The maximum absolute atomic E-state index is 13.3. The number of carbonyl (C=O) groups excluding carboxylic acids is 2. The maximum Gasteiger partial charge on any atom is 0.416 e. The first-order valence-corrected chi connectivity index (χ1v) is 14.3. The number of nitrogens with two attached hydrogens (primary N) is 1. The predicted octanol–water partition coefficient (Wildman–Crippen LogP) is 5.33. The number of hydrogen-bond donors (Lipinski definition) is 4. The molecule has 2 aromatic heterocycles. The van der Waals surface area contributed by atoms with Crippen molar-refractivity contribution in [3.8, 4) is 0 Å². The molecule has 1 aliphatic heterocycles. The average Bonchev–Trinajstić information content (AvgIpc) is 3.31. The van der Waals surface area contributed by atoms with Crippen LogP contribution in [-0.4, -0.2) is 62.5 Å². The van der Waals surface area contributed by atoms with Crippen LogP contribution in [0.2, 0.25) is 10.0 Å². The van der Waals surface area contributed by atoms with E-state index >= 15 is 0 Å². The molecule has 1 aromatic carbocycles. The summed E-state index contributed by atoms with van der Waals surface area (Å²) in [7, 11) is 1.59. The van der Waals surface area contributed by atoms with Crippen molar-refractivity contribution >= 4 is 63.9 Å². The topological polar surface area (TPSA) is 143 Å². The van der Waals surface area contributed by atoms with Crippen LogP contribution in [0, 0.1) is 5.92 Å². The molecule has 0 unspecified atom stereocenters. The third kappa shape index (κ3) is 6.28. The number of fused-ring (bicyclic) bond motifs is 1. The number of nitrogens with one attached hydrogen (secondary N) is 3. The van der Waals surface area contributed by atoms with Gasteiger partial charge in [-0.1, -0.05) is 23.2 Å². The lowest BCUT2D eigenvalue weighted by Gasteiger charge is -2.32. The second-order valence-electron chi connectivity index (χ2n) is 10.5. The molecule has 0 spiro atoms. The molecule has 1 aliphatic carbocycles. The fourth-order valence-corrected chi connectivity index (χ4v) is 6.18. The maximum atomic E-state index is 13.3. The van der Waals surface area contributed by atoms with E-state index in [1.54, 1.807) is 18.1 Å². The van der Waals surface area contributed by atoms with Gasteiger partial charge in [0.2, 0.25) is 17.8 Å². The number of rotatable bonds is 6. The number of benzene rings is 1. The van der Waals surface area contributed by atoms with E-state index in [2.05, 4.69) is 25.9 Å². The third-order valence-electron chi connectivity index (χ3n) is 7.76. The van der Waals surface area contributed by atoms with Crippen LogP contribution in [0.15, 0.2) is 18.3 Å². The minimum Gasteiger partial charge on any atom is -0.369 e. The van der Waals surface area contributed by atoms with E-state index in [0.717, 1.165) is 25.0 Å². The molecule has 5 N–H and O–H groups in total. The van der Waals surface area contributed by atoms with Crippen molar-refractivity contribution < 1.29 is 22.8 Å². The first-order valence-electron chi connectivity index (χ1n) is 13.5. The fraction of sp³-hybridized carbons (Fsp3) is 0.500. The van der Waals surface area contributed by atoms with Crippen LogP contribution < -0.4 is 21.7 Å². The van der Waals surface area contributed by atoms with Gasteiger partial charge < -0.3 is 26.6 Å². The number of imidazole rings is 1. The number of piperidine rings is 1. The number of nitrogens with zero attached hydrogens (tertiary/aromatic N) is 5. The normalized spacial score (nSPS) is 21.3. The van der Waals surface area contributed by atoms with Crippen LogP contribution in [0.25, 0.3) is 11.2 Å². The molecule has 0 bridgehead atoms. The van der Waals surface area contributed by atoms with Crippen LogP contribution in [0.5, 0.6) is 0 Å². The number of hydrogen-bond acceptors (Lipinski definition) is 7. The predicted molar refractivity (Wildman–Crippen MR) is 153 cm³/mol. The molecule has 2 fully saturated rings. The van der Waals surface area contributed by atoms with Crippen LogP contribution in [0.1, 0.15) is 50.1 Å². The van der Waals surface area contributed by atoms with Crippen molar-refractivity contribution in [3.63, 3.8) is 0 Å². The minimum atomic E-state index is -4.62. The van der Waals surface area contributed by atoms with Gasteiger partial charge in [0, 0.05) is 38.1 Å². The minimum absolute atomic E-state index is 0.0662. The molecule has 3 aromatic rings. The lowest BCUT2D eigenvalue weighted by Crippen LogP contribution is -2.48. The van der Waals surface area contributed by atoms with E-state index in [4.69, 9.17) is 33.9 Å². The largest absolute Gasteiger partial charge is 0.416 e. The van der Waals surface area contributed by atoms with Crippen LogP contribution >= 0.6 is 23.2 Å². The summed E-state index contributed by atoms with van der Waals surface area (Å²) in [6.45, 7) is 1.14. The highest BCUT2D eigenvalue weighted by molar-refractivity contribution is 6.39. The Morgan fingerprint density at radius 3 is 2.38 bits per heavy atom. The number of halogens is 5. The summed E-state index contributed by atoms with van der Waals surface area (Å²) in [5, 5.41) is 8.53. The SMILES string of the molecule is CNC(=O)N1CCC[C@@H](Nc2ncc3nc(Nc4c(Cl)cc(C(F)(F)F)cc4Cl)n(C4CCC(C(N)=O)CC4)c3n2)C1. The molecular formula is C26H30Cl2F3N9O2. The molecule has 1 atom stereocenters. The zero-order chi connectivity index (χ0) is 30.2. The van der Waals surface area contributed by atoms with Crippen LogP contribution in [0.4, 0.5) is 35.5 Å². The number of alkyl halides is 3. The Kier molecular flexibility index (Phi) is 8.56. The number of anilines is 3. The molecule has 1 saturated carbocycles. The number of primary amides is 1. The van der Waals surface area contributed by atoms with Crippen molar-refractivity contribution in [2.24, 2.45) is 11.7 Å². The zero-order valence-electron chi connectivity index (χ0n) is 22.6. The summed E-state index contributed by atoms with van der Waals surface area (Å²) in [5.41, 5.74) is 5.56. The van der Waals surface area contributed by atoms with Gasteiger partial charge in [-0.15, -0.1) is 0 Å². The Morgan fingerprint density at radius 2 is 1.76 bits per heavy atom. The summed E-state index contributed by atoms with van der Waals surface area (Å²) >= 11 is 12.5. The molecule has 2 aliphatic rings. The highest BCUT2D eigenvalue weighted by Crippen LogP contribution is 2.42. The van der Waals surface area contributed by atoms with Gasteiger partial charge in [0.15, 0.2) is 5.65 Å². The molecular weight excluding hydrogens is 598 g/mol. The Bertz CT molecular complexity index is 1470. The van der Waals surface area contributed by atoms with E-state index < -0.39 is 11.7 Å². The number of carbonyl (C=O) groups is 2. The number of likely N-dealkylation sites (tertiary alicyclic amines) is 1. The Balaban J connectivity index is 1.49. The fourth-order valence-electron chi connectivity index (χ4n) is 5.60.